The van der Waals surface area contributed by atoms with E-state index in [4.69, 9.17) is 9.47 Å². The third-order valence-corrected chi connectivity index (χ3v) is 10.4. The lowest BCUT2D eigenvalue weighted by Gasteiger charge is -2.28. The molecule has 2 fully saturated rings. The van der Waals surface area contributed by atoms with Crippen molar-refractivity contribution in [3.63, 3.8) is 0 Å². The number of imidazole rings is 2. The molecule has 13 nitrogen and oxygen atoms in total. The maximum absolute atomic E-state index is 13.4. The minimum Gasteiger partial charge on any atom is -0.468 e. The van der Waals surface area contributed by atoms with Gasteiger partial charge in [-0.2, -0.15) is 0 Å². The van der Waals surface area contributed by atoms with E-state index in [1.165, 1.54) is 14.2 Å². The van der Waals surface area contributed by atoms with E-state index in [0.717, 1.165) is 58.7 Å². The minimum atomic E-state index is -0.835. The summed E-state index contributed by atoms with van der Waals surface area (Å²) in [5.41, 5.74) is 5.89. The average molecular weight is 724 g/mol. The van der Waals surface area contributed by atoms with Crippen LogP contribution in [-0.2, 0) is 23.9 Å². The number of aromatic nitrogens is 4. The second-order valence-corrected chi connectivity index (χ2v) is 14.6. The van der Waals surface area contributed by atoms with E-state index in [9.17, 15) is 19.2 Å². The first-order chi connectivity index (χ1) is 25.5. The summed E-state index contributed by atoms with van der Waals surface area (Å²) in [5.74, 6) is -0.280. The van der Waals surface area contributed by atoms with Crippen LogP contribution >= 0.6 is 0 Å². The van der Waals surface area contributed by atoms with Crippen LogP contribution in [0.3, 0.4) is 0 Å². The first kappa shape index (κ1) is 37.3. The Labute approximate surface area is 309 Å². The molecule has 0 radical (unpaired) electrons. The van der Waals surface area contributed by atoms with Crippen LogP contribution in [0.15, 0.2) is 60.9 Å². The highest BCUT2D eigenvalue weighted by Crippen LogP contribution is 2.35. The van der Waals surface area contributed by atoms with Gasteiger partial charge in [0.15, 0.2) is 0 Å². The highest BCUT2D eigenvalue weighted by atomic mass is 16.5. The van der Waals surface area contributed by atoms with Gasteiger partial charge >= 0.3 is 12.1 Å². The Balaban J connectivity index is 1.08. The van der Waals surface area contributed by atoms with Gasteiger partial charge in [-0.3, -0.25) is 14.4 Å². The zero-order valence-corrected chi connectivity index (χ0v) is 31.2. The number of nitrogens with zero attached hydrogens (tertiary/aromatic N) is 4. The molecule has 0 bridgehead atoms. The van der Waals surface area contributed by atoms with Gasteiger partial charge in [0, 0.05) is 25.6 Å². The van der Waals surface area contributed by atoms with Gasteiger partial charge in [-0.15, -0.1) is 0 Å². The molecule has 4 heterocycles. The monoisotopic (exact) mass is 723 g/mol. The molecular formula is C40H49N7O6. The standard InChI is InChI=1S/C40H49N7O6/c1-23(2)33(39(50)52-5)37(48)47-18-7-8-32(47)36-42-21-31(44-36)28-15-11-26(12-16-28)25-9-13-27(14-10-25)30-20-41-35(43-30)29-17-19-46(22-29)38(49)34(24(3)4)45-40(51)53-6/h9-16,20-21,23-24,29,32-34H,7-8,17-19,22H2,1-6H3,(H,41,43)(H,42,44)(H,45,51). The van der Waals surface area contributed by atoms with Crippen LogP contribution in [0.2, 0.25) is 0 Å². The largest absolute Gasteiger partial charge is 0.468 e. The summed E-state index contributed by atoms with van der Waals surface area (Å²) in [6.45, 7) is 9.22. The molecule has 2 aromatic heterocycles. The first-order valence-electron chi connectivity index (χ1n) is 18.3. The topological polar surface area (TPSA) is 163 Å². The number of amides is 3. The average Bonchev–Trinajstić information content (AvgIpc) is 4.00. The van der Waals surface area contributed by atoms with Crippen molar-refractivity contribution >= 4 is 23.9 Å². The summed E-state index contributed by atoms with van der Waals surface area (Å²) < 4.78 is 9.65. The number of rotatable bonds is 11. The quantitative estimate of drug-likeness (QED) is 0.127. The summed E-state index contributed by atoms with van der Waals surface area (Å²) in [6.07, 6.45) is 5.41. The summed E-state index contributed by atoms with van der Waals surface area (Å²) >= 11 is 0. The van der Waals surface area contributed by atoms with E-state index >= 15 is 0 Å². The SMILES string of the molecule is COC(=O)NC(C(=O)N1CCC(c2ncc(-c3ccc(-c4ccc(-c5cnc(C6CCCN6C(=O)C(C(=O)OC)C(C)C)[nH]5)cc4)cc3)[nH]2)C1)C(C)C. The Hall–Kier alpha value is -5.46. The van der Waals surface area contributed by atoms with Crippen molar-refractivity contribution in [3.8, 4) is 33.6 Å². The molecule has 280 valence electrons. The Kier molecular flexibility index (Phi) is 11.3. The lowest BCUT2D eigenvalue weighted by molar-refractivity contribution is -0.156. The number of carbonyl (C=O) groups is 4. The Morgan fingerprint density at radius 1 is 0.736 bits per heavy atom. The predicted octanol–water partition coefficient (Wildman–Crippen LogP) is 5.94. The van der Waals surface area contributed by atoms with E-state index in [1.54, 1.807) is 16.0 Å². The van der Waals surface area contributed by atoms with Gasteiger partial charge in [-0.25, -0.2) is 14.8 Å². The van der Waals surface area contributed by atoms with Crippen LogP contribution < -0.4 is 5.32 Å². The van der Waals surface area contributed by atoms with Gasteiger partial charge in [-0.05, 0) is 53.4 Å². The van der Waals surface area contributed by atoms with Crippen molar-refractivity contribution in [3.05, 3.63) is 72.6 Å². The number of aromatic amines is 2. The number of carbonyl (C=O) groups excluding carboxylic acids is 4. The highest BCUT2D eigenvalue weighted by molar-refractivity contribution is 5.98. The lowest BCUT2D eigenvalue weighted by Crippen LogP contribution is -2.50. The molecule has 4 aromatic rings. The van der Waals surface area contributed by atoms with Crippen LogP contribution in [0.25, 0.3) is 33.6 Å². The number of hydrogen-bond donors (Lipinski definition) is 3. The van der Waals surface area contributed by atoms with E-state index in [2.05, 4.69) is 73.8 Å². The molecule has 13 heteroatoms. The molecule has 2 saturated heterocycles. The van der Waals surface area contributed by atoms with Gasteiger partial charge in [0.2, 0.25) is 11.8 Å². The number of nitrogens with one attached hydrogen (secondary N) is 3. The van der Waals surface area contributed by atoms with Crippen LogP contribution in [0.4, 0.5) is 4.79 Å². The first-order valence-corrected chi connectivity index (χ1v) is 18.3. The zero-order valence-electron chi connectivity index (χ0n) is 31.2. The third-order valence-electron chi connectivity index (χ3n) is 10.4. The summed E-state index contributed by atoms with van der Waals surface area (Å²) in [6, 6.07) is 15.7. The van der Waals surface area contributed by atoms with Crippen molar-refractivity contribution in [2.75, 3.05) is 33.9 Å². The number of ether oxygens (including phenoxy) is 2. The van der Waals surface area contributed by atoms with E-state index in [-0.39, 0.29) is 35.6 Å². The maximum Gasteiger partial charge on any atom is 0.407 e. The number of likely N-dealkylation sites (tertiary alicyclic amines) is 2. The van der Waals surface area contributed by atoms with Crippen LogP contribution in [-0.4, -0.2) is 93.5 Å². The van der Waals surface area contributed by atoms with Gasteiger partial charge in [0.25, 0.3) is 0 Å². The van der Waals surface area contributed by atoms with Crippen LogP contribution in [0.5, 0.6) is 0 Å². The molecular weight excluding hydrogens is 674 g/mol. The third kappa shape index (κ3) is 7.98. The lowest BCUT2D eigenvalue weighted by atomic mass is 9.94. The summed E-state index contributed by atoms with van der Waals surface area (Å²) in [7, 11) is 2.61. The van der Waals surface area contributed by atoms with Crippen molar-refractivity contribution < 1.29 is 28.7 Å². The smallest absolute Gasteiger partial charge is 0.407 e. The molecule has 0 aliphatic carbocycles. The predicted molar refractivity (Wildman–Crippen MR) is 199 cm³/mol. The van der Waals surface area contributed by atoms with Crippen molar-refractivity contribution in [1.82, 2.24) is 35.1 Å². The van der Waals surface area contributed by atoms with Gasteiger partial charge < -0.3 is 34.6 Å². The number of H-pyrrole nitrogens is 2. The molecule has 3 amide bonds. The van der Waals surface area contributed by atoms with Crippen molar-refractivity contribution in [1.29, 1.82) is 0 Å². The van der Waals surface area contributed by atoms with Crippen LogP contribution in [0.1, 0.15) is 70.6 Å². The minimum absolute atomic E-state index is 0.0748. The van der Waals surface area contributed by atoms with E-state index in [1.807, 2.05) is 33.9 Å². The number of hydrogen-bond acceptors (Lipinski definition) is 8. The molecule has 0 spiro atoms. The van der Waals surface area contributed by atoms with Gasteiger partial charge in [-0.1, -0.05) is 76.2 Å². The van der Waals surface area contributed by atoms with E-state index in [0.29, 0.717) is 25.5 Å². The zero-order chi connectivity index (χ0) is 37.8. The molecule has 53 heavy (non-hydrogen) atoms. The van der Waals surface area contributed by atoms with Crippen molar-refractivity contribution in [2.45, 2.75) is 65.0 Å². The molecule has 2 aliphatic rings. The van der Waals surface area contributed by atoms with Crippen molar-refractivity contribution in [2.24, 2.45) is 17.8 Å². The Bertz CT molecular complexity index is 1920. The number of alkyl carbamates (subject to hydrolysis) is 1. The fourth-order valence-electron chi connectivity index (χ4n) is 7.39. The molecule has 0 saturated carbocycles. The number of methoxy groups -OCH3 is 2. The second-order valence-electron chi connectivity index (χ2n) is 14.6. The molecule has 4 unspecified atom stereocenters. The molecule has 2 aromatic carbocycles. The van der Waals surface area contributed by atoms with Gasteiger partial charge in [0.05, 0.1) is 44.0 Å². The number of benzene rings is 2. The Morgan fingerprint density at radius 2 is 1.30 bits per heavy atom. The molecule has 2 aliphatic heterocycles. The molecule has 4 atom stereocenters. The highest BCUT2D eigenvalue weighted by Gasteiger charge is 2.40. The summed E-state index contributed by atoms with van der Waals surface area (Å²) in [4.78, 5) is 70.6. The fraction of sp³-hybridized carbons (Fsp3) is 0.450. The Morgan fingerprint density at radius 3 is 1.85 bits per heavy atom. The van der Waals surface area contributed by atoms with E-state index < -0.39 is 24.0 Å². The summed E-state index contributed by atoms with van der Waals surface area (Å²) in [5, 5.41) is 2.67. The van der Waals surface area contributed by atoms with Gasteiger partial charge in [0.1, 0.15) is 23.6 Å². The molecule has 3 N–H and O–H groups in total. The second kappa shape index (κ2) is 16.1. The normalized spacial score (nSPS) is 18.3. The molecule has 6 rings (SSSR count). The number of esters is 1. The fourth-order valence-corrected chi connectivity index (χ4v) is 7.39. The van der Waals surface area contributed by atoms with Crippen LogP contribution in [0, 0.1) is 17.8 Å². The maximum atomic E-state index is 13.4.